The highest BCUT2D eigenvalue weighted by Crippen LogP contribution is 2.38. The van der Waals surface area contributed by atoms with Crippen molar-refractivity contribution >= 4 is 0 Å². The van der Waals surface area contributed by atoms with Crippen LogP contribution >= 0.6 is 0 Å². The minimum Gasteiger partial charge on any atom is -0.385 e. The second-order valence-electron chi connectivity index (χ2n) is 5.08. The highest BCUT2D eigenvalue weighted by Gasteiger charge is 2.30. The summed E-state index contributed by atoms with van der Waals surface area (Å²) in [4.78, 5) is 8.27. The fourth-order valence-corrected chi connectivity index (χ4v) is 2.55. The van der Waals surface area contributed by atoms with Gasteiger partial charge in [-0.05, 0) is 36.7 Å². The molecule has 0 spiro atoms. The highest BCUT2D eigenvalue weighted by atomic mass is 16.3. The Bertz CT molecular complexity index is 328. The van der Waals surface area contributed by atoms with Gasteiger partial charge in [0.25, 0.3) is 0 Å². The van der Waals surface area contributed by atoms with Gasteiger partial charge in [-0.3, -0.25) is 0 Å². The normalized spacial score (nSPS) is 32.3. The summed E-state index contributed by atoms with van der Waals surface area (Å²) < 4.78 is 0. The molecule has 1 N–H and O–H groups in total. The van der Waals surface area contributed by atoms with E-state index in [4.69, 9.17) is 0 Å². The molecule has 0 aliphatic heterocycles. The predicted molar refractivity (Wildman–Crippen MR) is 62.7 cm³/mol. The number of aromatic nitrogens is 2. The Morgan fingerprint density at radius 3 is 2.50 bits per heavy atom. The summed E-state index contributed by atoms with van der Waals surface area (Å²) in [7, 11) is 0. The molecule has 0 amide bonds. The first-order chi connectivity index (χ1) is 7.68. The maximum Gasteiger partial charge on any atom is 0.157 e. The Hall–Kier alpha value is -0.960. The fourth-order valence-electron chi connectivity index (χ4n) is 2.55. The van der Waals surface area contributed by atoms with Crippen molar-refractivity contribution in [3.63, 3.8) is 0 Å². The van der Waals surface area contributed by atoms with E-state index in [9.17, 15) is 5.11 Å². The molecule has 88 valence electrons. The molecule has 1 aromatic heterocycles. The van der Waals surface area contributed by atoms with E-state index >= 15 is 0 Å². The number of aliphatic hydroxyl groups excluding tert-OH is 1. The number of aliphatic hydroxyl groups is 1. The van der Waals surface area contributed by atoms with Gasteiger partial charge in [0.2, 0.25) is 0 Å². The molecule has 1 heterocycles. The van der Waals surface area contributed by atoms with Crippen LogP contribution in [0.15, 0.2) is 18.5 Å². The summed E-state index contributed by atoms with van der Waals surface area (Å²) in [6.45, 7) is 4.57. The average Bonchev–Trinajstić information content (AvgIpc) is 2.33. The molecule has 0 radical (unpaired) electrons. The van der Waals surface area contributed by atoms with Gasteiger partial charge in [0.05, 0.1) is 0 Å². The second-order valence-corrected chi connectivity index (χ2v) is 5.08. The molecule has 4 atom stereocenters. The molecule has 1 aliphatic carbocycles. The first-order valence-electron chi connectivity index (χ1n) is 6.13. The van der Waals surface area contributed by atoms with Crippen molar-refractivity contribution < 1.29 is 5.11 Å². The number of hydrogen-bond acceptors (Lipinski definition) is 3. The molecule has 0 saturated heterocycles. The molecule has 2 rings (SSSR count). The third kappa shape index (κ3) is 2.40. The third-order valence-electron chi connectivity index (χ3n) is 3.94. The van der Waals surface area contributed by atoms with Crippen molar-refractivity contribution in [2.24, 2.45) is 17.8 Å². The van der Waals surface area contributed by atoms with E-state index in [1.807, 2.05) is 0 Å². The van der Waals surface area contributed by atoms with Crippen LogP contribution in [0.2, 0.25) is 0 Å². The lowest BCUT2D eigenvalue weighted by molar-refractivity contribution is 0.0499. The molecule has 0 aromatic carbocycles. The van der Waals surface area contributed by atoms with Gasteiger partial charge in [0, 0.05) is 12.4 Å². The van der Waals surface area contributed by atoms with Crippen LogP contribution in [0.4, 0.5) is 0 Å². The average molecular weight is 220 g/mol. The number of nitrogens with zero attached hydrogens (tertiary/aromatic N) is 2. The number of rotatable bonds is 2. The standard InChI is InChI=1S/C13H20N2O/c1-9-4-5-11(8-10(9)2)12(16)13-14-6-3-7-15-13/h3,6-7,9-12,16H,4-5,8H2,1-2H3. The maximum absolute atomic E-state index is 10.2. The quantitative estimate of drug-likeness (QED) is 0.833. The van der Waals surface area contributed by atoms with Crippen molar-refractivity contribution in [3.8, 4) is 0 Å². The lowest BCUT2D eigenvalue weighted by Gasteiger charge is -2.34. The Morgan fingerprint density at radius 2 is 1.88 bits per heavy atom. The minimum absolute atomic E-state index is 0.327. The van der Waals surface area contributed by atoms with E-state index in [0.717, 1.165) is 18.8 Å². The largest absolute Gasteiger partial charge is 0.385 e. The van der Waals surface area contributed by atoms with Crippen molar-refractivity contribution in [2.75, 3.05) is 0 Å². The molecule has 1 saturated carbocycles. The topological polar surface area (TPSA) is 46.0 Å². The van der Waals surface area contributed by atoms with Gasteiger partial charge in [-0.2, -0.15) is 0 Å². The summed E-state index contributed by atoms with van der Waals surface area (Å²) in [5, 5.41) is 10.2. The molecule has 3 nitrogen and oxygen atoms in total. The van der Waals surface area contributed by atoms with E-state index < -0.39 is 6.10 Å². The molecule has 1 aromatic rings. The van der Waals surface area contributed by atoms with Gasteiger partial charge < -0.3 is 5.11 Å². The van der Waals surface area contributed by atoms with Gasteiger partial charge >= 0.3 is 0 Å². The van der Waals surface area contributed by atoms with Crippen LogP contribution in [-0.2, 0) is 0 Å². The second kappa shape index (κ2) is 4.91. The van der Waals surface area contributed by atoms with Crippen molar-refractivity contribution in [1.29, 1.82) is 0 Å². The van der Waals surface area contributed by atoms with Gasteiger partial charge in [-0.15, -0.1) is 0 Å². The van der Waals surface area contributed by atoms with Crippen LogP contribution in [0, 0.1) is 17.8 Å². The van der Waals surface area contributed by atoms with E-state index in [0.29, 0.717) is 17.7 Å². The zero-order chi connectivity index (χ0) is 11.5. The summed E-state index contributed by atoms with van der Waals surface area (Å²) in [6, 6.07) is 1.78. The minimum atomic E-state index is -0.490. The lowest BCUT2D eigenvalue weighted by atomic mass is 9.74. The Labute approximate surface area is 96.9 Å². The van der Waals surface area contributed by atoms with E-state index in [1.54, 1.807) is 18.5 Å². The Balaban J connectivity index is 2.03. The van der Waals surface area contributed by atoms with Crippen molar-refractivity contribution in [1.82, 2.24) is 9.97 Å². The highest BCUT2D eigenvalue weighted by molar-refractivity contribution is 4.96. The molecular formula is C13H20N2O. The van der Waals surface area contributed by atoms with Gasteiger partial charge in [0.15, 0.2) is 5.82 Å². The first-order valence-corrected chi connectivity index (χ1v) is 6.13. The van der Waals surface area contributed by atoms with Crippen LogP contribution < -0.4 is 0 Å². The summed E-state index contributed by atoms with van der Waals surface area (Å²) >= 11 is 0. The molecule has 4 unspecified atom stereocenters. The van der Waals surface area contributed by atoms with Crippen LogP contribution in [-0.4, -0.2) is 15.1 Å². The Kier molecular flexibility index (Phi) is 3.54. The smallest absolute Gasteiger partial charge is 0.157 e. The lowest BCUT2D eigenvalue weighted by Crippen LogP contribution is -2.26. The van der Waals surface area contributed by atoms with Crippen LogP contribution in [0.5, 0.6) is 0 Å². The fraction of sp³-hybridized carbons (Fsp3) is 0.692. The van der Waals surface area contributed by atoms with Crippen molar-refractivity contribution in [2.45, 2.75) is 39.2 Å². The molecule has 1 aliphatic rings. The van der Waals surface area contributed by atoms with Crippen LogP contribution in [0.1, 0.15) is 45.0 Å². The first kappa shape index (κ1) is 11.5. The van der Waals surface area contributed by atoms with Gasteiger partial charge in [0.1, 0.15) is 6.10 Å². The maximum atomic E-state index is 10.2. The molecule has 1 fully saturated rings. The van der Waals surface area contributed by atoms with E-state index in [2.05, 4.69) is 23.8 Å². The van der Waals surface area contributed by atoms with Crippen LogP contribution in [0.3, 0.4) is 0 Å². The summed E-state index contributed by atoms with van der Waals surface area (Å²) in [5.41, 5.74) is 0. The van der Waals surface area contributed by atoms with E-state index in [-0.39, 0.29) is 0 Å². The van der Waals surface area contributed by atoms with Crippen molar-refractivity contribution in [3.05, 3.63) is 24.3 Å². The van der Waals surface area contributed by atoms with Gasteiger partial charge in [-0.25, -0.2) is 9.97 Å². The van der Waals surface area contributed by atoms with Crippen LogP contribution in [0.25, 0.3) is 0 Å². The SMILES string of the molecule is CC1CCC(C(O)c2ncccn2)CC1C. The zero-order valence-corrected chi connectivity index (χ0v) is 10.0. The molecule has 16 heavy (non-hydrogen) atoms. The zero-order valence-electron chi connectivity index (χ0n) is 10.0. The van der Waals surface area contributed by atoms with E-state index in [1.165, 1.54) is 6.42 Å². The molecule has 3 heteroatoms. The summed E-state index contributed by atoms with van der Waals surface area (Å²) in [5.74, 6) is 2.38. The number of hydrogen-bond donors (Lipinski definition) is 1. The van der Waals surface area contributed by atoms with Gasteiger partial charge in [-0.1, -0.05) is 20.3 Å². The predicted octanol–water partition coefficient (Wildman–Crippen LogP) is 2.58. The monoisotopic (exact) mass is 220 g/mol. The Morgan fingerprint density at radius 1 is 1.19 bits per heavy atom. The molecule has 0 bridgehead atoms. The third-order valence-corrected chi connectivity index (χ3v) is 3.94. The molecular weight excluding hydrogens is 200 g/mol. The summed E-state index contributed by atoms with van der Waals surface area (Å²) in [6.07, 6.45) is 6.28.